The summed E-state index contributed by atoms with van der Waals surface area (Å²) in [6.07, 6.45) is 6.25. The highest BCUT2D eigenvalue weighted by atomic mass is 16.3. The molecule has 0 spiro atoms. The van der Waals surface area contributed by atoms with Gasteiger partial charge in [0.1, 0.15) is 0 Å². The van der Waals surface area contributed by atoms with Crippen molar-refractivity contribution in [3.63, 3.8) is 0 Å². The molecule has 0 fully saturated rings. The minimum absolute atomic E-state index is 0.0717. The van der Waals surface area contributed by atoms with E-state index >= 15 is 0 Å². The van der Waals surface area contributed by atoms with Gasteiger partial charge < -0.3 is 26.2 Å². The van der Waals surface area contributed by atoms with Crippen molar-refractivity contribution in [3.8, 4) is 0 Å². The molecule has 0 saturated heterocycles. The van der Waals surface area contributed by atoms with E-state index in [0.717, 1.165) is 11.1 Å². The molecule has 0 saturated carbocycles. The van der Waals surface area contributed by atoms with Gasteiger partial charge >= 0.3 is 0 Å². The summed E-state index contributed by atoms with van der Waals surface area (Å²) in [5.41, 5.74) is 9.30. The van der Waals surface area contributed by atoms with Crippen LogP contribution in [-0.2, 0) is 23.5 Å². The zero-order valence-corrected chi connectivity index (χ0v) is 26.6. The van der Waals surface area contributed by atoms with Crippen LogP contribution in [0.15, 0.2) is 121 Å². The number of carbonyl (C=O) groups excluding carboxylic acids is 2. The third kappa shape index (κ3) is 6.62. The van der Waals surface area contributed by atoms with E-state index < -0.39 is 17.4 Å². The molecule has 1 aliphatic rings. The van der Waals surface area contributed by atoms with Gasteiger partial charge in [-0.3, -0.25) is 14.3 Å². The van der Waals surface area contributed by atoms with Crippen molar-refractivity contribution in [2.24, 2.45) is 5.92 Å². The number of fused-ring (bicyclic) bond motifs is 1. The van der Waals surface area contributed by atoms with Crippen LogP contribution < -0.4 is 16.0 Å². The number of aliphatic hydroxyl groups is 2. The van der Waals surface area contributed by atoms with Gasteiger partial charge in [-0.1, -0.05) is 85.0 Å². The fourth-order valence-electron chi connectivity index (χ4n) is 6.11. The number of hydrogen-bond acceptors (Lipinski definition) is 7. The number of benzene rings is 4. The first-order valence-corrected chi connectivity index (χ1v) is 15.9. The fourth-order valence-corrected chi connectivity index (χ4v) is 6.11. The van der Waals surface area contributed by atoms with Crippen molar-refractivity contribution in [1.82, 2.24) is 15.0 Å². The lowest BCUT2D eigenvalue weighted by Crippen LogP contribution is -2.44. The first-order valence-electron chi connectivity index (χ1n) is 15.9. The number of aromatic nitrogens is 3. The monoisotopic (exact) mass is 642 g/mol. The molecule has 4 aromatic carbocycles. The predicted octanol–water partition coefficient (Wildman–Crippen LogP) is 5.25. The second kappa shape index (κ2) is 14.0. The van der Waals surface area contributed by atoms with Gasteiger partial charge in [0, 0.05) is 41.2 Å². The SMILES string of the molecule is C[C@H](/C=C/CCn1cc(C(CO)c2ccccc2)nn1)[C@@]1(O)C(=O)N(Cc2cccc(NC(=O)c3ccc(N)cc3)c2)c2ccccc21. The molecular weight excluding hydrogens is 604 g/mol. The molecule has 48 heavy (non-hydrogen) atoms. The number of rotatable bonds is 12. The first-order chi connectivity index (χ1) is 23.3. The van der Waals surface area contributed by atoms with Gasteiger partial charge in [-0.2, -0.15) is 0 Å². The Hall–Kier alpha value is -5.58. The van der Waals surface area contributed by atoms with Crippen LogP contribution in [0.5, 0.6) is 0 Å². The number of anilines is 3. The number of hydrogen-bond donors (Lipinski definition) is 4. The van der Waals surface area contributed by atoms with Crippen LogP contribution in [0.25, 0.3) is 0 Å². The van der Waals surface area contributed by atoms with Crippen molar-refractivity contribution in [1.29, 1.82) is 0 Å². The van der Waals surface area contributed by atoms with E-state index in [1.807, 2.05) is 92.0 Å². The second-order valence-corrected chi connectivity index (χ2v) is 12.0. The Labute approximate surface area is 279 Å². The van der Waals surface area contributed by atoms with Crippen LogP contribution in [0.1, 0.15) is 52.0 Å². The molecule has 10 heteroatoms. The topological polar surface area (TPSA) is 147 Å². The lowest BCUT2D eigenvalue weighted by molar-refractivity contribution is -0.139. The summed E-state index contributed by atoms with van der Waals surface area (Å²) in [7, 11) is 0. The van der Waals surface area contributed by atoms with Gasteiger partial charge in [0.05, 0.1) is 30.5 Å². The van der Waals surface area contributed by atoms with Gasteiger partial charge in [0.25, 0.3) is 11.8 Å². The molecule has 1 unspecified atom stereocenters. The maximum atomic E-state index is 14.0. The van der Waals surface area contributed by atoms with Crippen LogP contribution in [0, 0.1) is 5.92 Å². The van der Waals surface area contributed by atoms with Crippen molar-refractivity contribution >= 4 is 28.9 Å². The third-order valence-corrected chi connectivity index (χ3v) is 8.78. The molecule has 5 aromatic rings. The van der Waals surface area contributed by atoms with Gasteiger partial charge in [0.2, 0.25) is 0 Å². The summed E-state index contributed by atoms with van der Waals surface area (Å²) in [4.78, 5) is 28.4. The summed E-state index contributed by atoms with van der Waals surface area (Å²) in [5.74, 6) is -1.45. The average molecular weight is 643 g/mol. The smallest absolute Gasteiger partial charge is 0.264 e. The number of aliphatic hydroxyl groups excluding tert-OH is 1. The maximum absolute atomic E-state index is 14.0. The Morgan fingerprint density at radius 3 is 2.52 bits per heavy atom. The molecule has 1 aliphatic heterocycles. The Balaban J connectivity index is 1.12. The highest BCUT2D eigenvalue weighted by Crippen LogP contribution is 2.45. The molecular formula is C38H38N6O4. The van der Waals surface area contributed by atoms with Crippen molar-refractivity contribution in [3.05, 3.63) is 149 Å². The van der Waals surface area contributed by atoms with E-state index in [2.05, 4.69) is 15.6 Å². The predicted molar refractivity (Wildman–Crippen MR) is 185 cm³/mol. The molecule has 3 atom stereocenters. The van der Waals surface area contributed by atoms with Gasteiger partial charge in [-0.25, -0.2) is 0 Å². The fraction of sp³-hybridized carbons (Fsp3) is 0.211. The Bertz CT molecular complexity index is 1920. The molecule has 0 aliphatic carbocycles. The number of allylic oxidation sites excluding steroid dienone is 1. The summed E-state index contributed by atoms with van der Waals surface area (Å²) >= 11 is 0. The summed E-state index contributed by atoms with van der Waals surface area (Å²) in [6, 6.07) is 31.0. The zero-order valence-electron chi connectivity index (χ0n) is 26.6. The minimum atomic E-state index is -1.75. The van der Waals surface area contributed by atoms with Gasteiger partial charge in [-0.05, 0) is 60.0 Å². The Morgan fingerprint density at radius 2 is 1.75 bits per heavy atom. The maximum Gasteiger partial charge on any atom is 0.264 e. The van der Waals surface area contributed by atoms with E-state index in [9.17, 15) is 19.8 Å². The molecule has 1 aromatic heterocycles. The lowest BCUT2D eigenvalue weighted by Gasteiger charge is -2.27. The van der Waals surface area contributed by atoms with E-state index in [1.54, 1.807) is 46.0 Å². The molecule has 244 valence electrons. The number of nitrogens with one attached hydrogen (secondary N) is 1. The lowest BCUT2D eigenvalue weighted by atomic mass is 9.83. The summed E-state index contributed by atoms with van der Waals surface area (Å²) in [5, 5.41) is 33.4. The Morgan fingerprint density at radius 1 is 1.00 bits per heavy atom. The largest absolute Gasteiger partial charge is 0.399 e. The van der Waals surface area contributed by atoms with Crippen molar-refractivity contribution in [2.45, 2.75) is 38.0 Å². The minimum Gasteiger partial charge on any atom is -0.399 e. The average Bonchev–Trinajstić information content (AvgIpc) is 3.65. The van der Waals surface area contributed by atoms with E-state index in [1.165, 1.54) is 0 Å². The van der Waals surface area contributed by atoms with Crippen LogP contribution >= 0.6 is 0 Å². The number of amides is 2. The number of nitrogens with two attached hydrogens (primary N) is 1. The van der Waals surface area contributed by atoms with Crippen LogP contribution in [0.2, 0.25) is 0 Å². The van der Waals surface area contributed by atoms with Crippen LogP contribution in [-0.4, -0.2) is 43.6 Å². The first kappa shape index (κ1) is 32.4. The number of nitrogen functional groups attached to an aromatic ring is 1. The van der Waals surface area contributed by atoms with Gasteiger partial charge in [-0.15, -0.1) is 5.10 Å². The van der Waals surface area contributed by atoms with Crippen molar-refractivity contribution < 1.29 is 19.8 Å². The van der Waals surface area contributed by atoms with E-state index in [0.29, 0.717) is 46.8 Å². The Kier molecular flexibility index (Phi) is 9.47. The van der Waals surface area contributed by atoms with E-state index in [4.69, 9.17) is 5.73 Å². The molecule has 2 amide bonds. The second-order valence-electron chi connectivity index (χ2n) is 12.0. The standard InChI is InChI=1S/C38H38N6O4/c1-26(10-7-8-21-43-24-34(41-42-43)32(25-45)28-12-3-2-4-13-28)38(48)33-15-5-6-16-35(33)44(37(38)47)23-27-11-9-14-31(22-27)40-36(46)29-17-19-30(39)20-18-29/h2-7,9-20,22,24,26,32,45,48H,8,21,23,25,39H2,1H3,(H,40,46)/b10-7+/t26-,32?,38+/m1/s1. The third-order valence-electron chi connectivity index (χ3n) is 8.78. The van der Waals surface area contributed by atoms with Crippen molar-refractivity contribution in [2.75, 3.05) is 22.6 Å². The highest BCUT2D eigenvalue weighted by Gasteiger charge is 2.52. The van der Waals surface area contributed by atoms with Crippen LogP contribution in [0.4, 0.5) is 17.1 Å². The number of para-hydroxylation sites is 1. The number of aryl methyl sites for hydroxylation is 1. The normalized spacial score (nSPS) is 17.0. The number of carbonyl (C=O) groups is 2. The van der Waals surface area contributed by atoms with E-state index in [-0.39, 0.29) is 25.0 Å². The molecule has 6 rings (SSSR count). The quantitative estimate of drug-likeness (QED) is 0.107. The molecule has 10 nitrogen and oxygen atoms in total. The summed E-state index contributed by atoms with van der Waals surface area (Å²) in [6.45, 7) is 2.52. The molecule has 2 heterocycles. The van der Waals surface area contributed by atoms with Crippen LogP contribution in [0.3, 0.4) is 0 Å². The molecule has 5 N–H and O–H groups in total. The summed E-state index contributed by atoms with van der Waals surface area (Å²) < 4.78 is 1.73. The number of nitrogens with zero attached hydrogens (tertiary/aromatic N) is 4. The molecule has 0 bridgehead atoms. The highest BCUT2D eigenvalue weighted by molar-refractivity contribution is 6.07. The van der Waals surface area contributed by atoms with Gasteiger partial charge in [0.15, 0.2) is 5.60 Å². The molecule has 0 radical (unpaired) electrons. The zero-order chi connectivity index (χ0) is 33.7.